The number of hydrogen-bond donors (Lipinski definition) is 1. The van der Waals surface area contributed by atoms with Crippen molar-refractivity contribution in [3.05, 3.63) is 65.9 Å². The van der Waals surface area contributed by atoms with E-state index in [1.165, 1.54) is 0 Å². The fourth-order valence-corrected chi connectivity index (χ4v) is 4.61. The SMILES string of the molecule is CCN1c2ccccc2NC2=CC(C)(C)CC(=O)C2C1c1ccc(OC)cc1. The second-order valence-corrected chi connectivity index (χ2v) is 8.36. The number of rotatable bonds is 3. The first-order valence-corrected chi connectivity index (χ1v) is 9.95. The monoisotopic (exact) mass is 376 g/mol. The molecule has 1 N–H and O–H groups in total. The number of para-hydroxylation sites is 2. The summed E-state index contributed by atoms with van der Waals surface area (Å²) in [4.78, 5) is 15.7. The van der Waals surface area contributed by atoms with E-state index in [-0.39, 0.29) is 17.4 Å². The van der Waals surface area contributed by atoms with Crippen molar-refractivity contribution < 1.29 is 9.53 Å². The van der Waals surface area contributed by atoms with Crippen molar-refractivity contribution >= 4 is 17.2 Å². The Bertz CT molecular complexity index is 914. The fraction of sp³-hybridized carbons (Fsp3) is 0.375. The van der Waals surface area contributed by atoms with Gasteiger partial charge in [0.2, 0.25) is 0 Å². The van der Waals surface area contributed by atoms with Crippen LogP contribution in [0.4, 0.5) is 11.4 Å². The Labute approximate surface area is 167 Å². The van der Waals surface area contributed by atoms with E-state index in [2.05, 4.69) is 67.4 Å². The van der Waals surface area contributed by atoms with E-state index in [9.17, 15) is 4.79 Å². The molecule has 0 bridgehead atoms. The third-order valence-electron chi connectivity index (χ3n) is 5.80. The van der Waals surface area contributed by atoms with Crippen molar-refractivity contribution in [2.45, 2.75) is 33.2 Å². The molecule has 0 amide bonds. The average Bonchev–Trinajstić information content (AvgIpc) is 2.81. The Balaban J connectivity index is 1.92. The van der Waals surface area contributed by atoms with Crippen LogP contribution in [0, 0.1) is 11.3 Å². The van der Waals surface area contributed by atoms with E-state index >= 15 is 0 Å². The fourth-order valence-electron chi connectivity index (χ4n) is 4.61. The summed E-state index contributed by atoms with van der Waals surface area (Å²) >= 11 is 0. The molecule has 2 aromatic rings. The van der Waals surface area contributed by atoms with E-state index in [0.717, 1.165) is 34.9 Å². The van der Waals surface area contributed by atoms with Crippen LogP contribution in [0.2, 0.25) is 0 Å². The molecule has 0 fully saturated rings. The molecule has 4 nitrogen and oxygen atoms in total. The highest BCUT2D eigenvalue weighted by molar-refractivity contribution is 5.90. The lowest BCUT2D eigenvalue weighted by molar-refractivity contribution is -0.124. The van der Waals surface area contributed by atoms with Gasteiger partial charge in [0.15, 0.2) is 0 Å². The first-order valence-electron chi connectivity index (χ1n) is 9.95. The van der Waals surface area contributed by atoms with Crippen LogP contribution >= 0.6 is 0 Å². The Morgan fingerprint density at radius 3 is 2.54 bits per heavy atom. The van der Waals surface area contributed by atoms with E-state index in [1.54, 1.807) is 7.11 Å². The maximum absolute atomic E-state index is 13.4. The van der Waals surface area contributed by atoms with Gasteiger partial charge in [0.05, 0.1) is 30.4 Å². The zero-order valence-electron chi connectivity index (χ0n) is 17.0. The minimum atomic E-state index is -0.214. The number of fused-ring (bicyclic) bond motifs is 2. The van der Waals surface area contributed by atoms with Crippen LogP contribution in [0.15, 0.2) is 60.3 Å². The zero-order chi connectivity index (χ0) is 19.9. The average molecular weight is 377 g/mol. The molecule has 0 saturated heterocycles. The summed E-state index contributed by atoms with van der Waals surface area (Å²) in [6, 6.07) is 16.4. The van der Waals surface area contributed by atoms with Crippen molar-refractivity contribution in [1.82, 2.24) is 0 Å². The van der Waals surface area contributed by atoms with Gasteiger partial charge in [-0.15, -0.1) is 0 Å². The van der Waals surface area contributed by atoms with E-state index in [0.29, 0.717) is 12.2 Å². The van der Waals surface area contributed by atoms with Gasteiger partial charge >= 0.3 is 0 Å². The maximum atomic E-state index is 13.4. The number of allylic oxidation sites excluding steroid dienone is 1. The lowest BCUT2D eigenvalue weighted by atomic mass is 9.72. The smallest absolute Gasteiger partial charge is 0.145 e. The van der Waals surface area contributed by atoms with Gasteiger partial charge in [0.25, 0.3) is 0 Å². The number of ether oxygens (including phenoxy) is 1. The van der Waals surface area contributed by atoms with E-state index in [4.69, 9.17) is 4.74 Å². The quantitative estimate of drug-likeness (QED) is 0.801. The molecule has 0 radical (unpaired) electrons. The third kappa shape index (κ3) is 3.17. The molecule has 4 heteroatoms. The van der Waals surface area contributed by atoms with Gasteiger partial charge in [-0.05, 0) is 42.2 Å². The molecule has 2 aromatic carbocycles. The predicted molar refractivity (Wildman–Crippen MR) is 114 cm³/mol. The normalized spacial score (nSPS) is 23.1. The van der Waals surface area contributed by atoms with Crippen LogP contribution < -0.4 is 15.0 Å². The number of nitrogens with zero attached hydrogens (tertiary/aromatic N) is 1. The molecular formula is C24H28N2O2. The number of benzene rings is 2. The minimum absolute atomic E-state index is 0.0538. The lowest BCUT2D eigenvalue weighted by Gasteiger charge is -2.39. The molecule has 0 spiro atoms. The second-order valence-electron chi connectivity index (χ2n) is 8.36. The van der Waals surface area contributed by atoms with E-state index in [1.807, 2.05) is 18.2 Å². The van der Waals surface area contributed by atoms with Gasteiger partial charge in [0.1, 0.15) is 11.5 Å². The summed E-state index contributed by atoms with van der Waals surface area (Å²) in [6.07, 6.45) is 2.81. The van der Waals surface area contributed by atoms with Gasteiger partial charge in [-0.1, -0.05) is 44.2 Å². The molecule has 0 aromatic heterocycles. The third-order valence-corrected chi connectivity index (χ3v) is 5.80. The number of hydrogen-bond acceptors (Lipinski definition) is 4. The van der Waals surface area contributed by atoms with Gasteiger partial charge in [-0.3, -0.25) is 4.79 Å². The minimum Gasteiger partial charge on any atom is -0.497 e. The van der Waals surface area contributed by atoms with Gasteiger partial charge in [0, 0.05) is 18.7 Å². The number of methoxy groups -OCH3 is 1. The summed E-state index contributed by atoms with van der Waals surface area (Å²) in [6.45, 7) is 7.23. The molecular weight excluding hydrogens is 348 g/mol. The molecule has 0 saturated carbocycles. The predicted octanol–water partition coefficient (Wildman–Crippen LogP) is 5.19. The largest absolute Gasteiger partial charge is 0.497 e. The van der Waals surface area contributed by atoms with Crippen LogP contribution in [-0.2, 0) is 4.79 Å². The Morgan fingerprint density at radius 2 is 1.86 bits per heavy atom. The van der Waals surface area contributed by atoms with Crippen LogP contribution in [0.1, 0.15) is 38.8 Å². The van der Waals surface area contributed by atoms with E-state index < -0.39 is 0 Å². The summed E-state index contributed by atoms with van der Waals surface area (Å²) in [5, 5.41) is 3.61. The Hall–Kier alpha value is -2.75. The van der Waals surface area contributed by atoms with Crippen molar-refractivity contribution in [2.75, 3.05) is 23.9 Å². The highest BCUT2D eigenvalue weighted by Gasteiger charge is 2.44. The number of Topliss-reactive ketones (excluding diaryl/α,β-unsaturated/α-hetero) is 1. The molecule has 146 valence electrons. The van der Waals surface area contributed by atoms with Crippen LogP contribution in [0.25, 0.3) is 0 Å². The number of carbonyl (C=O) groups excluding carboxylic acids is 1. The maximum Gasteiger partial charge on any atom is 0.145 e. The topological polar surface area (TPSA) is 41.6 Å². The van der Waals surface area contributed by atoms with Gasteiger partial charge in [-0.2, -0.15) is 0 Å². The number of ketones is 1. The molecule has 2 aliphatic rings. The molecule has 2 atom stereocenters. The zero-order valence-corrected chi connectivity index (χ0v) is 17.0. The van der Waals surface area contributed by atoms with Crippen LogP contribution in [0.5, 0.6) is 5.75 Å². The standard InChI is InChI=1S/C24H28N2O2/c1-5-26-20-9-7-6-8-18(20)25-19-14-24(2,3)15-21(27)22(19)23(26)16-10-12-17(28-4)13-11-16/h6-14,22-23,25H,5,15H2,1-4H3. The van der Waals surface area contributed by atoms with Crippen molar-refractivity contribution in [3.63, 3.8) is 0 Å². The number of carbonyl (C=O) groups is 1. The Kier molecular flexibility index (Phi) is 4.66. The molecule has 2 unspecified atom stereocenters. The molecule has 1 heterocycles. The summed E-state index contributed by atoms with van der Waals surface area (Å²) < 4.78 is 5.34. The van der Waals surface area contributed by atoms with Crippen LogP contribution in [0.3, 0.4) is 0 Å². The Morgan fingerprint density at radius 1 is 1.14 bits per heavy atom. The van der Waals surface area contributed by atoms with Crippen molar-refractivity contribution in [2.24, 2.45) is 11.3 Å². The number of anilines is 2. The highest BCUT2D eigenvalue weighted by Crippen LogP contribution is 2.48. The lowest BCUT2D eigenvalue weighted by Crippen LogP contribution is -2.41. The summed E-state index contributed by atoms with van der Waals surface area (Å²) in [5.41, 5.74) is 4.20. The van der Waals surface area contributed by atoms with Crippen molar-refractivity contribution in [3.8, 4) is 5.75 Å². The highest BCUT2D eigenvalue weighted by atomic mass is 16.5. The number of nitrogens with one attached hydrogen (secondary N) is 1. The first-order chi connectivity index (χ1) is 13.4. The molecule has 1 aliphatic heterocycles. The first kappa shape index (κ1) is 18.6. The van der Waals surface area contributed by atoms with Gasteiger partial charge in [-0.25, -0.2) is 0 Å². The summed E-state index contributed by atoms with van der Waals surface area (Å²) in [7, 11) is 1.67. The van der Waals surface area contributed by atoms with Gasteiger partial charge < -0.3 is 15.0 Å². The molecule has 1 aliphatic carbocycles. The second kappa shape index (κ2) is 7.01. The summed E-state index contributed by atoms with van der Waals surface area (Å²) in [5.74, 6) is 0.904. The van der Waals surface area contributed by atoms with Crippen molar-refractivity contribution in [1.29, 1.82) is 0 Å². The molecule has 4 rings (SSSR count). The molecule has 28 heavy (non-hydrogen) atoms. The van der Waals surface area contributed by atoms with Crippen LogP contribution in [-0.4, -0.2) is 19.4 Å².